The van der Waals surface area contributed by atoms with Crippen molar-refractivity contribution >= 4 is 34.3 Å². The van der Waals surface area contributed by atoms with Crippen LogP contribution in [0.5, 0.6) is 0 Å². The van der Waals surface area contributed by atoms with Gasteiger partial charge in [-0.05, 0) is 37.0 Å². The van der Waals surface area contributed by atoms with Gasteiger partial charge in [-0.1, -0.05) is 17.7 Å². The number of nitrogens with one attached hydrogen (secondary N) is 1. The van der Waals surface area contributed by atoms with E-state index in [0.717, 1.165) is 36.9 Å². The first-order valence-electron chi connectivity index (χ1n) is 6.40. The smallest absolute Gasteiger partial charge is 0.0931 e. The van der Waals surface area contributed by atoms with E-state index in [2.05, 4.69) is 40.8 Å². The average Bonchev–Trinajstić information content (AvgIpc) is 3.01. The van der Waals surface area contributed by atoms with Crippen LogP contribution >= 0.6 is 34.3 Å². The third kappa shape index (κ3) is 5.63. The highest BCUT2D eigenvalue weighted by Crippen LogP contribution is 2.22. The summed E-state index contributed by atoms with van der Waals surface area (Å²) in [5.41, 5.74) is 0. The highest BCUT2D eigenvalue weighted by molar-refractivity contribution is 7.16. The van der Waals surface area contributed by atoms with Crippen molar-refractivity contribution in [1.82, 2.24) is 10.2 Å². The number of nitrogens with zero attached hydrogens (tertiary/aromatic N) is 1. The Morgan fingerprint density at radius 2 is 2.11 bits per heavy atom. The van der Waals surface area contributed by atoms with Crippen LogP contribution in [0.2, 0.25) is 4.34 Å². The molecule has 0 aliphatic rings. The lowest BCUT2D eigenvalue weighted by molar-refractivity contribution is 0.327. The third-order valence-corrected chi connectivity index (χ3v) is 5.01. The van der Waals surface area contributed by atoms with Crippen molar-refractivity contribution < 1.29 is 0 Å². The number of rotatable bonds is 8. The van der Waals surface area contributed by atoms with Crippen LogP contribution in [0.3, 0.4) is 0 Å². The largest absolute Gasteiger partial charge is 0.315 e. The van der Waals surface area contributed by atoms with E-state index in [-0.39, 0.29) is 0 Å². The van der Waals surface area contributed by atoms with Crippen LogP contribution in [0.1, 0.15) is 9.75 Å². The first-order chi connectivity index (χ1) is 9.24. The zero-order valence-electron chi connectivity index (χ0n) is 11.1. The maximum Gasteiger partial charge on any atom is 0.0931 e. The van der Waals surface area contributed by atoms with Gasteiger partial charge in [0.2, 0.25) is 0 Å². The summed E-state index contributed by atoms with van der Waals surface area (Å²) >= 11 is 9.42. The highest BCUT2D eigenvalue weighted by Gasteiger charge is 2.02. The molecule has 0 aliphatic carbocycles. The van der Waals surface area contributed by atoms with E-state index in [1.54, 1.807) is 11.3 Å². The minimum Gasteiger partial charge on any atom is -0.315 e. The highest BCUT2D eigenvalue weighted by atomic mass is 35.5. The Morgan fingerprint density at radius 1 is 1.21 bits per heavy atom. The lowest BCUT2D eigenvalue weighted by atomic mass is 10.3. The van der Waals surface area contributed by atoms with Crippen molar-refractivity contribution in [3.63, 3.8) is 0 Å². The van der Waals surface area contributed by atoms with Gasteiger partial charge in [-0.2, -0.15) is 0 Å². The molecule has 0 saturated carbocycles. The normalized spacial score (nSPS) is 11.3. The van der Waals surface area contributed by atoms with Gasteiger partial charge < -0.3 is 10.2 Å². The van der Waals surface area contributed by atoms with Crippen molar-refractivity contribution in [3.8, 4) is 0 Å². The van der Waals surface area contributed by atoms with Gasteiger partial charge in [0.15, 0.2) is 0 Å². The quantitative estimate of drug-likeness (QED) is 0.747. The molecule has 0 aromatic carbocycles. The molecule has 0 spiro atoms. The molecule has 5 heteroatoms. The molecule has 0 atom stereocenters. The molecule has 0 radical (unpaired) electrons. The van der Waals surface area contributed by atoms with E-state index >= 15 is 0 Å². The molecule has 2 aromatic rings. The molecule has 2 rings (SSSR count). The van der Waals surface area contributed by atoms with Crippen molar-refractivity contribution in [2.45, 2.75) is 13.0 Å². The van der Waals surface area contributed by atoms with Gasteiger partial charge in [0.05, 0.1) is 4.34 Å². The molecule has 2 nitrogen and oxygen atoms in total. The van der Waals surface area contributed by atoms with Gasteiger partial charge >= 0.3 is 0 Å². The first-order valence-corrected chi connectivity index (χ1v) is 8.47. The maximum absolute atomic E-state index is 5.93. The number of hydrogen-bond donors (Lipinski definition) is 1. The summed E-state index contributed by atoms with van der Waals surface area (Å²) < 4.78 is 0.873. The van der Waals surface area contributed by atoms with Crippen LogP contribution in [0.25, 0.3) is 0 Å². The van der Waals surface area contributed by atoms with E-state index in [0.29, 0.717) is 0 Å². The van der Waals surface area contributed by atoms with E-state index in [1.165, 1.54) is 9.75 Å². The van der Waals surface area contributed by atoms with E-state index in [9.17, 15) is 0 Å². The molecular formula is C14H19ClN2S2. The summed E-state index contributed by atoms with van der Waals surface area (Å²) in [6.45, 7) is 4.12. The molecule has 0 unspecified atom stereocenters. The van der Waals surface area contributed by atoms with Gasteiger partial charge in [0, 0.05) is 35.9 Å². The van der Waals surface area contributed by atoms with Gasteiger partial charge in [0.25, 0.3) is 0 Å². The Bertz CT molecular complexity index is 468. The lowest BCUT2D eigenvalue weighted by Crippen LogP contribution is -2.29. The fraction of sp³-hybridized carbons (Fsp3) is 0.429. The van der Waals surface area contributed by atoms with Gasteiger partial charge in [-0.25, -0.2) is 0 Å². The van der Waals surface area contributed by atoms with Crippen molar-refractivity contribution in [3.05, 3.63) is 43.7 Å². The Hall–Kier alpha value is -0.390. The Balaban J connectivity index is 1.55. The zero-order valence-corrected chi connectivity index (χ0v) is 13.5. The first kappa shape index (κ1) is 15.0. The number of thiophene rings is 2. The van der Waals surface area contributed by atoms with Crippen LogP contribution in [0, 0.1) is 0 Å². The van der Waals surface area contributed by atoms with Gasteiger partial charge in [0.1, 0.15) is 0 Å². The molecule has 2 heterocycles. The van der Waals surface area contributed by atoms with Crippen LogP contribution in [-0.4, -0.2) is 31.6 Å². The number of hydrogen-bond acceptors (Lipinski definition) is 4. The predicted molar refractivity (Wildman–Crippen MR) is 86.6 cm³/mol. The number of halogens is 1. The second-order valence-corrected chi connectivity index (χ2v) is 7.35. The van der Waals surface area contributed by atoms with Crippen molar-refractivity contribution in [1.29, 1.82) is 0 Å². The van der Waals surface area contributed by atoms with E-state index in [1.807, 2.05) is 17.4 Å². The van der Waals surface area contributed by atoms with Crippen LogP contribution in [0.15, 0.2) is 29.6 Å². The van der Waals surface area contributed by atoms with E-state index < -0.39 is 0 Å². The second-order valence-electron chi connectivity index (χ2n) is 4.52. The summed E-state index contributed by atoms with van der Waals surface area (Å²) in [6, 6.07) is 8.38. The Morgan fingerprint density at radius 3 is 2.79 bits per heavy atom. The molecule has 19 heavy (non-hydrogen) atoms. The van der Waals surface area contributed by atoms with Crippen molar-refractivity contribution in [2.24, 2.45) is 0 Å². The van der Waals surface area contributed by atoms with Crippen LogP contribution in [-0.2, 0) is 13.0 Å². The minimum absolute atomic E-state index is 0.873. The SMILES string of the molecule is CN(CCNCCc1cccs1)Cc1ccc(Cl)s1. The molecule has 0 fully saturated rings. The lowest BCUT2D eigenvalue weighted by Gasteiger charge is -2.15. The molecule has 0 aliphatic heterocycles. The summed E-state index contributed by atoms with van der Waals surface area (Å²) in [7, 11) is 2.15. The summed E-state index contributed by atoms with van der Waals surface area (Å²) in [6.07, 6.45) is 1.13. The third-order valence-electron chi connectivity index (χ3n) is 2.85. The molecule has 104 valence electrons. The summed E-state index contributed by atoms with van der Waals surface area (Å²) in [5.74, 6) is 0. The zero-order chi connectivity index (χ0) is 13.5. The predicted octanol–water partition coefficient (Wildman–Crippen LogP) is 3.73. The Kier molecular flexibility index (Phi) is 6.34. The molecular weight excluding hydrogens is 296 g/mol. The molecule has 0 saturated heterocycles. The maximum atomic E-state index is 5.93. The van der Waals surface area contributed by atoms with Gasteiger partial charge in [-0.15, -0.1) is 22.7 Å². The van der Waals surface area contributed by atoms with Crippen LogP contribution in [0.4, 0.5) is 0 Å². The molecule has 2 aromatic heterocycles. The fourth-order valence-corrected chi connectivity index (χ4v) is 3.72. The molecule has 0 bridgehead atoms. The Labute approximate surface area is 128 Å². The monoisotopic (exact) mass is 314 g/mol. The fourth-order valence-electron chi connectivity index (χ4n) is 1.84. The number of likely N-dealkylation sites (N-methyl/N-ethyl adjacent to an activating group) is 1. The molecule has 1 N–H and O–H groups in total. The van der Waals surface area contributed by atoms with Crippen LogP contribution < -0.4 is 5.32 Å². The summed E-state index contributed by atoms with van der Waals surface area (Å²) in [4.78, 5) is 5.10. The van der Waals surface area contributed by atoms with Gasteiger partial charge in [-0.3, -0.25) is 0 Å². The topological polar surface area (TPSA) is 15.3 Å². The standard InChI is InChI=1S/C14H19ClN2S2/c1-17(11-13-4-5-14(15)19-13)9-8-16-7-6-12-3-2-10-18-12/h2-5,10,16H,6-9,11H2,1H3. The van der Waals surface area contributed by atoms with E-state index in [4.69, 9.17) is 11.6 Å². The van der Waals surface area contributed by atoms with Crippen molar-refractivity contribution in [2.75, 3.05) is 26.7 Å². The minimum atomic E-state index is 0.873. The molecule has 0 amide bonds. The summed E-state index contributed by atoms with van der Waals surface area (Å²) in [5, 5.41) is 5.62. The second kappa shape index (κ2) is 8.02. The average molecular weight is 315 g/mol.